The highest BCUT2D eigenvalue weighted by Gasteiger charge is 2.71. The van der Waals surface area contributed by atoms with Gasteiger partial charge in [-0.1, -0.05) is 51.0 Å². The SMILES string of the molecule is BC1(B)C[C@]2(C)C3CC[C@@]4(C)C(CCC4[C@H](C)CCC(=O)NC(B)(B)C(B)(B)S(=O)(=O)O)C3[C@H](O)[C@H](CC)[C@@H]2C(B)(B)C1(B)O. The molecule has 4 saturated carbocycles. The zero-order valence-corrected chi connectivity index (χ0v) is 31.6. The van der Waals surface area contributed by atoms with Crippen molar-refractivity contribution in [3.05, 3.63) is 0 Å². The van der Waals surface area contributed by atoms with Crippen molar-refractivity contribution in [2.45, 2.75) is 111 Å². The minimum atomic E-state index is -4.37. The molecule has 4 aliphatic carbocycles. The molecule has 17 heteroatoms. The van der Waals surface area contributed by atoms with E-state index in [-0.39, 0.29) is 51.0 Å². The predicted octanol–water partition coefficient (Wildman–Crippen LogP) is -5.18. The number of carbonyl (C=O) groups excluding carboxylic acids is 1. The van der Waals surface area contributed by atoms with Crippen LogP contribution in [0.25, 0.3) is 0 Å². The first-order chi connectivity index (χ1) is 20.2. The van der Waals surface area contributed by atoms with Crippen molar-refractivity contribution in [1.29, 1.82) is 0 Å². The van der Waals surface area contributed by atoms with Gasteiger partial charge in [0.15, 0.2) is 0 Å². The number of rotatable bonds is 8. The first kappa shape index (κ1) is 37.7. The molecule has 244 valence electrons. The maximum absolute atomic E-state index is 13.1. The predicted molar refractivity (Wildman–Crippen MR) is 207 cm³/mol. The summed E-state index contributed by atoms with van der Waals surface area (Å²) in [6, 6.07) is 0. The second-order valence-electron chi connectivity index (χ2n) is 19.1. The van der Waals surface area contributed by atoms with Crippen molar-refractivity contribution in [3.8, 4) is 0 Å². The van der Waals surface area contributed by atoms with E-state index in [4.69, 9.17) is 0 Å². The molecular formula is C28H58B9NO6S. The van der Waals surface area contributed by atoms with E-state index in [1.54, 1.807) is 15.7 Å². The summed E-state index contributed by atoms with van der Waals surface area (Å²) in [4.78, 5) is 13.1. The highest BCUT2D eigenvalue weighted by atomic mass is 32.2. The molecule has 0 aromatic carbocycles. The average molecular weight is 634 g/mol. The van der Waals surface area contributed by atoms with Gasteiger partial charge in [-0.05, 0) is 89.7 Å². The molecule has 1 amide bonds. The maximum Gasteiger partial charge on any atom is 0.256 e. The number of aliphatic hydroxyl groups excluding tert-OH is 1. The van der Waals surface area contributed by atoms with E-state index in [0.717, 1.165) is 38.5 Å². The van der Waals surface area contributed by atoms with E-state index in [9.17, 15) is 28.0 Å². The van der Waals surface area contributed by atoms with Crippen molar-refractivity contribution in [1.82, 2.24) is 5.32 Å². The Balaban J connectivity index is 1.55. The van der Waals surface area contributed by atoms with Crippen molar-refractivity contribution >= 4 is 86.6 Å². The number of hydrogen-bond acceptors (Lipinski definition) is 5. The fourth-order valence-electron chi connectivity index (χ4n) is 12.4. The maximum atomic E-state index is 13.1. The van der Waals surface area contributed by atoms with Gasteiger partial charge in [0.1, 0.15) is 70.6 Å². The lowest BCUT2D eigenvalue weighted by molar-refractivity contribution is -0.214. The molecule has 4 aliphatic rings. The lowest BCUT2D eigenvalue weighted by Gasteiger charge is -2.74. The van der Waals surface area contributed by atoms with Crippen LogP contribution in [0.4, 0.5) is 0 Å². The van der Waals surface area contributed by atoms with Gasteiger partial charge in [-0.15, -0.1) is 0 Å². The van der Waals surface area contributed by atoms with E-state index < -0.39 is 25.5 Å². The average Bonchev–Trinajstić information content (AvgIpc) is 3.23. The Labute approximate surface area is 282 Å². The molecule has 7 nitrogen and oxygen atoms in total. The minimum absolute atomic E-state index is 0.0333. The third kappa shape index (κ3) is 5.45. The van der Waals surface area contributed by atoms with Crippen molar-refractivity contribution in [2.75, 3.05) is 0 Å². The second kappa shape index (κ2) is 11.5. The standard InChI is InChI=1S/C28H58B9NO6S/c1-5-14-20(40)19-16-8-7-15(13(2)6-9-18(39)38-27(34,35)28(36,37)45(42,43)44)22(16,3)11-10-17(19)23(4)12-24(29,30)26(33,41)25(31,32)21(14)23/h13-17,19-21,40-41H,5-12,29-37H2,1-4H3,(H,38,39)(H,42,43,44)/t13-,14+,15?,16?,17?,19?,20-,21+,22-,23-,26?/m1/s1. The van der Waals surface area contributed by atoms with E-state index in [0.29, 0.717) is 36.5 Å². The van der Waals surface area contributed by atoms with Gasteiger partial charge in [0.25, 0.3) is 10.1 Å². The third-order valence-electron chi connectivity index (χ3n) is 16.0. The molecule has 0 saturated heterocycles. The van der Waals surface area contributed by atoms with Gasteiger partial charge in [-0.2, -0.15) is 0 Å². The van der Waals surface area contributed by atoms with Crippen LogP contribution < -0.4 is 5.32 Å². The fraction of sp³-hybridized carbons (Fsp3) is 0.964. The quantitative estimate of drug-likeness (QED) is 0.157. The minimum Gasteiger partial charge on any atom is -0.401 e. The first-order valence-corrected chi connectivity index (χ1v) is 19.3. The molecule has 45 heavy (non-hydrogen) atoms. The lowest BCUT2D eigenvalue weighted by atomic mass is 9.17. The molecule has 0 bridgehead atoms. The van der Waals surface area contributed by atoms with Crippen LogP contribution in [0.2, 0.25) is 10.4 Å². The van der Waals surface area contributed by atoms with E-state index in [1.807, 2.05) is 7.85 Å². The Kier molecular flexibility index (Phi) is 9.61. The van der Waals surface area contributed by atoms with Crippen LogP contribution in [0.3, 0.4) is 0 Å². The monoisotopic (exact) mass is 635 g/mol. The smallest absolute Gasteiger partial charge is 0.256 e. The van der Waals surface area contributed by atoms with Gasteiger partial charge in [0, 0.05) is 16.5 Å². The molecule has 11 atom stereocenters. The van der Waals surface area contributed by atoms with E-state index >= 15 is 0 Å². The zero-order chi connectivity index (χ0) is 34.6. The molecule has 4 fully saturated rings. The highest BCUT2D eigenvalue weighted by molar-refractivity contribution is 7.90. The number of nitrogens with one attached hydrogen (secondary N) is 1. The lowest BCUT2D eigenvalue weighted by Crippen LogP contribution is -2.72. The van der Waals surface area contributed by atoms with Gasteiger partial charge in [-0.25, -0.2) is 8.42 Å². The van der Waals surface area contributed by atoms with Gasteiger partial charge in [-0.3, -0.25) is 9.35 Å². The van der Waals surface area contributed by atoms with Crippen molar-refractivity contribution in [3.63, 3.8) is 0 Å². The van der Waals surface area contributed by atoms with Crippen LogP contribution in [-0.4, -0.2) is 121 Å². The number of aliphatic hydroxyl groups is 2. The van der Waals surface area contributed by atoms with Crippen LogP contribution >= 0.6 is 0 Å². The fourth-order valence-corrected chi connectivity index (χ4v) is 13.1. The molecule has 0 heterocycles. The zero-order valence-electron chi connectivity index (χ0n) is 30.8. The van der Waals surface area contributed by atoms with Gasteiger partial charge in [0.05, 0.1) is 6.10 Å². The summed E-state index contributed by atoms with van der Waals surface area (Å²) in [6.07, 6.45) is 6.94. The normalized spacial score (nSPS) is 43.3. The highest BCUT2D eigenvalue weighted by Crippen LogP contribution is 2.75. The molecular weight excluding hydrogens is 576 g/mol. The first-order valence-electron chi connectivity index (χ1n) is 17.8. The number of fused-ring (bicyclic) bond motifs is 5. The Hall–Kier alpha value is -0.116. The summed E-state index contributed by atoms with van der Waals surface area (Å²) in [5.41, 5.74) is -0.715. The van der Waals surface area contributed by atoms with E-state index in [2.05, 4.69) is 64.4 Å². The third-order valence-corrected chi connectivity index (χ3v) is 17.8. The molecule has 4 rings (SSSR count). The van der Waals surface area contributed by atoms with Crippen LogP contribution in [0.15, 0.2) is 0 Å². The molecule has 0 aromatic heterocycles. The summed E-state index contributed by atoms with van der Waals surface area (Å²) >= 11 is 0. The van der Waals surface area contributed by atoms with Crippen LogP contribution in [0.1, 0.15) is 79.1 Å². The molecule has 0 spiro atoms. The van der Waals surface area contributed by atoms with Gasteiger partial charge < -0.3 is 15.5 Å². The van der Waals surface area contributed by atoms with Gasteiger partial charge >= 0.3 is 0 Å². The van der Waals surface area contributed by atoms with Crippen molar-refractivity contribution in [2.24, 2.45) is 52.3 Å². The van der Waals surface area contributed by atoms with Gasteiger partial charge in [0.2, 0.25) is 5.91 Å². The number of carbonyl (C=O) groups is 1. The number of amides is 1. The van der Waals surface area contributed by atoms with Crippen LogP contribution in [-0.2, 0) is 14.9 Å². The molecule has 0 radical (unpaired) electrons. The van der Waals surface area contributed by atoms with E-state index in [1.165, 1.54) is 15.7 Å². The molecule has 4 N–H and O–H groups in total. The summed E-state index contributed by atoms with van der Waals surface area (Å²) < 4.78 is 32.3. The largest absolute Gasteiger partial charge is 0.401 e. The summed E-state index contributed by atoms with van der Waals surface area (Å²) in [6.45, 7) is 9.46. The number of hydrogen-bond donors (Lipinski definition) is 4. The Bertz CT molecular complexity index is 1280. The molecule has 0 aromatic rings. The molecule has 5 unspecified atom stereocenters. The Morgan fingerprint density at radius 2 is 1.56 bits per heavy atom. The Morgan fingerprint density at radius 1 is 1.00 bits per heavy atom. The summed E-state index contributed by atoms with van der Waals surface area (Å²) in [7, 11) is 12.8. The summed E-state index contributed by atoms with van der Waals surface area (Å²) in [5.74, 6) is 2.05. The topological polar surface area (TPSA) is 124 Å². The Morgan fingerprint density at radius 3 is 2.09 bits per heavy atom. The molecule has 0 aliphatic heterocycles. The van der Waals surface area contributed by atoms with Crippen LogP contribution in [0.5, 0.6) is 0 Å². The van der Waals surface area contributed by atoms with Crippen molar-refractivity contribution < 1.29 is 28.0 Å². The second-order valence-corrected chi connectivity index (χ2v) is 21.1. The summed E-state index contributed by atoms with van der Waals surface area (Å²) in [5, 5.41) is 25.6. The van der Waals surface area contributed by atoms with Crippen LogP contribution in [0, 0.1) is 52.3 Å².